The minimum atomic E-state index is -0.919. The summed E-state index contributed by atoms with van der Waals surface area (Å²) in [6.07, 6.45) is 4.38. The average molecular weight is 629 g/mol. The van der Waals surface area contributed by atoms with Gasteiger partial charge in [0.2, 0.25) is 11.8 Å². The van der Waals surface area contributed by atoms with Gasteiger partial charge in [-0.15, -0.1) is 11.3 Å². The van der Waals surface area contributed by atoms with E-state index in [2.05, 4.69) is 5.32 Å². The summed E-state index contributed by atoms with van der Waals surface area (Å²) in [5.41, 5.74) is 2.72. The second kappa shape index (κ2) is 13.2. The Labute approximate surface area is 267 Å². The fraction of sp³-hybridized carbons (Fsp3) is 0.457. The second-order valence-electron chi connectivity index (χ2n) is 12.6. The van der Waals surface area contributed by atoms with Crippen molar-refractivity contribution in [2.24, 2.45) is 11.8 Å². The first-order valence-corrected chi connectivity index (χ1v) is 16.9. The molecule has 1 saturated carbocycles. The van der Waals surface area contributed by atoms with Gasteiger partial charge >= 0.3 is 0 Å². The van der Waals surface area contributed by atoms with Crippen molar-refractivity contribution in [3.63, 3.8) is 0 Å². The molecule has 4 unspecified atom stereocenters. The minimum absolute atomic E-state index is 0.111. The smallest absolute Gasteiger partial charge is 0.269 e. The van der Waals surface area contributed by atoms with Gasteiger partial charge in [-0.3, -0.25) is 24.5 Å². The Hall–Kier alpha value is -3.89. The van der Waals surface area contributed by atoms with Crippen molar-refractivity contribution >= 4 is 34.6 Å². The van der Waals surface area contributed by atoms with E-state index in [1.54, 1.807) is 23.1 Å². The third kappa shape index (κ3) is 5.93. The molecule has 1 aromatic heterocycles. The van der Waals surface area contributed by atoms with Crippen molar-refractivity contribution in [2.45, 2.75) is 64.0 Å². The van der Waals surface area contributed by atoms with Crippen LogP contribution >= 0.6 is 11.3 Å². The van der Waals surface area contributed by atoms with Crippen LogP contribution in [0.3, 0.4) is 0 Å². The Balaban J connectivity index is 1.61. The van der Waals surface area contributed by atoms with Gasteiger partial charge in [0.05, 0.1) is 16.9 Å². The first-order chi connectivity index (χ1) is 21.8. The van der Waals surface area contributed by atoms with Gasteiger partial charge in [0.1, 0.15) is 6.04 Å². The van der Waals surface area contributed by atoms with E-state index in [1.807, 2.05) is 48.4 Å². The van der Waals surface area contributed by atoms with E-state index in [-0.39, 0.29) is 29.2 Å². The molecule has 0 radical (unpaired) electrons. The molecule has 4 atom stereocenters. The number of rotatable bonds is 7. The van der Waals surface area contributed by atoms with Crippen LogP contribution in [0.4, 0.5) is 5.69 Å². The standard InChI is InChI=1S/C35H40N4O5S/c1-22-9-6-7-14-27(22)32(40)28-29(33-23(2)15-20-45-33)31(35(42)37-18-16-36-17-19-37)38(34(41)24-10-4-3-5-11-24)30(28)25-12-8-13-26(21-25)39(43)44/h6-9,12-15,20-21,24,28-31,36H,3-5,10-11,16-19H2,1-2H3. The van der Waals surface area contributed by atoms with Gasteiger partial charge in [-0.05, 0) is 54.8 Å². The van der Waals surface area contributed by atoms with Crippen LogP contribution in [0.25, 0.3) is 0 Å². The summed E-state index contributed by atoms with van der Waals surface area (Å²) in [4.78, 5) is 60.6. The monoisotopic (exact) mass is 628 g/mol. The Bertz CT molecular complexity index is 1590. The number of carbonyl (C=O) groups excluding carboxylic acids is 3. The summed E-state index contributed by atoms with van der Waals surface area (Å²) in [6, 6.07) is 13.9. The number of aryl methyl sites for hydroxylation is 2. The number of likely N-dealkylation sites (tertiary alicyclic amines) is 1. The van der Waals surface area contributed by atoms with Crippen molar-refractivity contribution in [3.05, 3.63) is 97.2 Å². The van der Waals surface area contributed by atoms with Gasteiger partial charge in [0.15, 0.2) is 5.78 Å². The van der Waals surface area contributed by atoms with Gasteiger partial charge in [-0.2, -0.15) is 0 Å². The normalized spacial score (nSPS) is 24.0. The molecule has 0 spiro atoms. The number of amides is 2. The molecule has 0 bridgehead atoms. The molecule has 3 fully saturated rings. The Kier molecular flexibility index (Phi) is 9.14. The predicted molar refractivity (Wildman–Crippen MR) is 173 cm³/mol. The third-order valence-electron chi connectivity index (χ3n) is 9.90. The molecule has 2 aliphatic heterocycles. The van der Waals surface area contributed by atoms with Crippen LogP contribution < -0.4 is 5.32 Å². The van der Waals surface area contributed by atoms with Gasteiger partial charge < -0.3 is 15.1 Å². The molecule has 3 aliphatic rings. The van der Waals surface area contributed by atoms with E-state index in [0.717, 1.165) is 48.1 Å². The average Bonchev–Trinajstić information content (AvgIpc) is 3.65. The Morgan fingerprint density at radius 1 is 0.911 bits per heavy atom. The Morgan fingerprint density at radius 2 is 1.64 bits per heavy atom. The largest absolute Gasteiger partial charge is 0.338 e. The highest BCUT2D eigenvalue weighted by molar-refractivity contribution is 7.10. The summed E-state index contributed by atoms with van der Waals surface area (Å²) in [6.45, 7) is 6.20. The molecule has 9 nitrogen and oxygen atoms in total. The highest BCUT2D eigenvalue weighted by atomic mass is 32.1. The van der Waals surface area contributed by atoms with E-state index in [9.17, 15) is 24.5 Å². The third-order valence-corrected chi connectivity index (χ3v) is 11.0. The number of hydrogen-bond donors (Lipinski definition) is 1. The van der Waals surface area contributed by atoms with Crippen LogP contribution in [-0.2, 0) is 9.59 Å². The fourth-order valence-electron chi connectivity index (χ4n) is 7.65. The molecule has 1 aliphatic carbocycles. The number of ketones is 1. The number of Topliss-reactive ketones (excluding diaryl/α,β-unsaturated/α-hetero) is 1. The second-order valence-corrected chi connectivity index (χ2v) is 13.5. The van der Waals surface area contributed by atoms with Crippen LogP contribution in [0, 0.1) is 35.8 Å². The summed E-state index contributed by atoms with van der Waals surface area (Å²) in [7, 11) is 0. The number of hydrogen-bond acceptors (Lipinski definition) is 7. The summed E-state index contributed by atoms with van der Waals surface area (Å²) < 4.78 is 0. The van der Waals surface area contributed by atoms with E-state index in [4.69, 9.17) is 0 Å². The SMILES string of the molecule is Cc1ccccc1C(=O)C1C(c2sccc2C)C(C(=O)N2CCNCC2)N(C(=O)C2CCCCC2)C1c1cccc([N+](=O)[O-])c1. The number of carbonyl (C=O) groups is 3. The van der Waals surface area contributed by atoms with Crippen molar-refractivity contribution in [2.75, 3.05) is 26.2 Å². The number of nitro benzene ring substituents is 1. The Morgan fingerprint density at radius 3 is 2.31 bits per heavy atom. The molecule has 236 valence electrons. The van der Waals surface area contributed by atoms with Crippen LogP contribution in [0.15, 0.2) is 60.0 Å². The molecule has 2 aromatic carbocycles. The van der Waals surface area contributed by atoms with Crippen LogP contribution in [0.2, 0.25) is 0 Å². The van der Waals surface area contributed by atoms with Gasteiger partial charge in [-0.25, -0.2) is 0 Å². The lowest BCUT2D eigenvalue weighted by atomic mass is 9.77. The molecule has 2 amide bonds. The maximum absolute atomic E-state index is 15.0. The number of nitro groups is 1. The van der Waals surface area contributed by atoms with Crippen molar-refractivity contribution in [3.8, 4) is 0 Å². The zero-order valence-electron chi connectivity index (χ0n) is 25.8. The van der Waals surface area contributed by atoms with Gasteiger partial charge in [-0.1, -0.05) is 55.7 Å². The maximum atomic E-state index is 15.0. The summed E-state index contributed by atoms with van der Waals surface area (Å²) in [5.74, 6) is -2.14. The van der Waals surface area contributed by atoms with Crippen molar-refractivity contribution < 1.29 is 19.3 Å². The topological polar surface area (TPSA) is 113 Å². The van der Waals surface area contributed by atoms with Crippen molar-refractivity contribution in [1.29, 1.82) is 0 Å². The molecule has 2 saturated heterocycles. The zero-order chi connectivity index (χ0) is 31.7. The van der Waals surface area contributed by atoms with Crippen molar-refractivity contribution in [1.82, 2.24) is 15.1 Å². The number of nitrogens with zero attached hydrogens (tertiary/aromatic N) is 3. The first-order valence-electron chi connectivity index (χ1n) is 16.0. The molecule has 3 heterocycles. The highest BCUT2D eigenvalue weighted by Crippen LogP contribution is 2.54. The lowest BCUT2D eigenvalue weighted by Gasteiger charge is -2.38. The number of non-ortho nitro benzene ring substituents is 1. The lowest BCUT2D eigenvalue weighted by Crippen LogP contribution is -2.55. The van der Waals surface area contributed by atoms with E-state index in [1.165, 1.54) is 23.5 Å². The number of benzene rings is 2. The number of nitrogens with one attached hydrogen (secondary N) is 1. The van der Waals surface area contributed by atoms with Gasteiger partial charge in [0.25, 0.3) is 5.69 Å². The summed E-state index contributed by atoms with van der Waals surface area (Å²) in [5, 5.41) is 17.3. The molecular formula is C35H40N4O5S. The van der Waals surface area contributed by atoms with Crippen LogP contribution in [0.5, 0.6) is 0 Å². The predicted octanol–water partition coefficient (Wildman–Crippen LogP) is 5.82. The van der Waals surface area contributed by atoms with Crippen LogP contribution in [0.1, 0.15) is 76.0 Å². The van der Waals surface area contributed by atoms with Gasteiger partial charge in [0, 0.05) is 60.6 Å². The molecule has 6 rings (SSSR count). The summed E-state index contributed by atoms with van der Waals surface area (Å²) >= 11 is 1.51. The first kappa shape index (κ1) is 31.1. The fourth-order valence-corrected chi connectivity index (χ4v) is 8.75. The van der Waals surface area contributed by atoms with E-state index < -0.39 is 28.8 Å². The maximum Gasteiger partial charge on any atom is 0.269 e. The quantitative estimate of drug-likeness (QED) is 0.201. The molecular weight excluding hydrogens is 588 g/mol. The van der Waals surface area contributed by atoms with Crippen LogP contribution in [-0.4, -0.2) is 64.5 Å². The molecule has 10 heteroatoms. The molecule has 1 N–H and O–H groups in total. The zero-order valence-corrected chi connectivity index (χ0v) is 26.6. The van der Waals surface area contributed by atoms with E-state index >= 15 is 0 Å². The highest BCUT2D eigenvalue weighted by Gasteiger charge is 2.59. The lowest BCUT2D eigenvalue weighted by molar-refractivity contribution is -0.385. The number of thiophene rings is 1. The minimum Gasteiger partial charge on any atom is -0.338 e. The number of piperazine rings is 1. The molecule has 3 aromatic rings. The van der Waals surface area contributed by atoms with E-state index in [0.29, 0.717) is 37.3 Å². The molecule has 45 heavy (non-hydrogen) atoms.